The van der Waals surface area contributed by atoms with Crippen LogP contribution in [0.3, 0.4) is 0 Å². The molecule has 1 saturated heterocycles. The maximum absolute atomic E-state index is 13.8. The number of benzene rings is 1. The number of halogens is 1. The van der Waals surface area contributed by atoms with Crippen LogP contribution in [0.25, 0.3) is 0 Å². The van der Waals surface area contributed by atoms with Crippen molar-refractivity contribution in [3.8, 4) is 0 Å². The Morgan fingerprint density at radius 3 is 2.56 bits per heavy atom. The van der Waals surface area contributed by atoms with Crippen LogP contribution in [-0.2, 0) is 4.79 Å². The summed E-state index contributed by atoms with van der Waals surface area (Å²) >= 11 is 1.49. The molecule has 0 saturated carbocycles. The normalized spacial score (nSPS) is 15.9. The molecule has 3 rings (SSSR count). The van der Waals surface area contributed by atoms with Gasteiger partial charge < -0.3 is 9.80 Å². The van der Waals surface area contributed by atoms with Crippen LogP contribution < -0.4 is 4.90 Å². The number of carbonyl (C=O) groups excluding carboxylic acids is 1. The van der Waals surface area contributed by atoms with Crippen molar-refractivity contribution < 1.29 is 9.18 Å². The summed E-state index contributed by atoms with van der Waals surface area (Å²) in [5.74, 6) is 1.24. The van der Waals surface area contributed by atoms with Crippen molar-refractivity contribution in [3.63, 3.8) is 0 Å². The number of carbonyl (C=O) groups is 1. The summed E-state index contributed by atoms with van der Waals surface area (Å²) in [6, 6.07) is 12.6. The number of nitrogens with zero attached hydrogens (tertiary/aromatic N) is 3. The van der Waals surface area contributed by atoms with Gasteiger partial charge in [0.2, 0.25) is 5.91 Å². The van der Waals surface area contributed by atoms with Gasteiger partial charge in [0.05, 0.1) is 5.75 Å². The van der Waals surface area contributed by atoms with Crippen LogP contribution in [0.4, 0.5) is 10.2 Å². The summed E-state index contributed by atoms with van der Waals surface area (Å²) in [7, 11) is 0. The highest BCUT2D eigenvalue weighted by Gasteiger charge is 2.22. The first kappa shape index (κ1) is 17.7. The molecule has 0 spiro atoms. The lowest BCUT2D eigenvalue weighted by Gasteiger charge is -2.35. The van der Waals surface area contributed by atoms with E-state index in [2.05, 4.69) is 9.88 Å². The Kier molecular flexibility index (Phi) is 5.91. The van der Waals surface area contributed by atoms with Crippen molar-refractivity contribution in [2.24, 2.45) is 0 Å². The van der Waals surface area contributed by atoms with Crippen molar-refractivity contribution in [2.45, 2.75) is 12.2 Å². The van der Waals surface area contributed by atoms with Gasteiger partial charge in [-0.05, 0) is 25.1 Å². The molecule has 6 heteroatoms. The second kappa shape index (κ2) is 8.34. The number of aromatic nitrogens is 1. The number of rotatable bonds is 5. The van der Waals surface area contributed by atoms with Crippen LogP contribution in [0.5, 0.6) is 0 Å². The molecule has 25 heavy (non-hydrogen) atoms. The Morgan fingerprint density at radius 2 is 1.88 bits per heavy atom. The van der Waals surface area contributed by atoms with E-state index < -0.39 is 0 Å². The first-order valence-electron chi connectivity index (χ1n) is 8.45. The smallest absolute Gasteiger partial charge is 0.232 e. The number of pyridine rings is 1. The third kappa shape index (κ3) is 4.51. The molecule has 1 aromatic carbocycles. The Bertz CT molecular complexity index is 705. The molecule has 4 nitrogen and oxygen atoms in total. The molecule has 1 unspecified atom stereocenters. The highest BCUT2D eigenvalue weighted by atomic mass is 32.2. The van der Waals surface area contributed by atoms with Gasteiger partial charge in [-0.2, -0.15) is 0 Å². The highest BCUT2D eigenvalue weighted by Crippen LogP contribution is 2.30. The van der Waals surface area contributed by atoms with Crippen molar-refractivity contribution >= 4 is 23.5 Å². The van der Waals surface area contributed by atoms with E-state index in [0.717, 1.165) is 18.9 Å². The second-order valence-electron chi connectivity index (χ2n) is 6.03. The highest BCUT2D eigenvalue weighted by molar-refractivity contribution is 8.00. The largest absolute Gasteiger partial charge is 0.353 e. The Hall–Kier alpha value is -2.08. The number of hydrogen-bond donors (Lipinski definition) is 0. The fraction of sp³-hybridized carbons (Fsp3) is 0.368. The van der Waals surface area contributed by atoms with Gasteiger partial charge >= 0.3 is 0 Å². The average Bonchev–Trinajstić information content (AvgIpc) is 2.67. The zero-order valence-corrected chi connectivity index (χ0v) is 15.1. The van der Waals surface area contributed by atoms with Crippen LogP contribution in [0.1, 0.15) is 17.7 Å². The average molecular weight is 359 g/mol. The molecule has 1 amide bonds. The fourth-order valence-corrected chi connectivity index (χ4v) is 3.85. The molecule has 1 atom stereocenters. The van der Waals surface area contributed by atoms with Gasteiger partial charge in [-0.3, -0.25) is 4.79 Å². The van der Waals surface area contributed by atoms with Crippen molar-refractivity contribution in [1.82, 2.24) is 9.88 Å². The number of hydrogen-bond acceptors (Lipinski definition) is 4. The van der Waals surface area contributed by atoms with E-state index in [9.17, 15) is 9.18 Å². The molecule has 0 bridgehead atoms. The minimum absolute atomic E-state index is 0.0417. The summed E-state index contributed by atoms with van der Waals surface area (Å²) < 4.78 is 13.8. The van der Waals surface area contributed by atoms with Gasteiger partial charge in [0.15, 0.2) is 0 Å². The molecule has 1 aliphatic rings. The van der Waals surface area contributed by atoms with Gasteiger partial charge in [-0.1, -0.05) is 24.3 Å². The van der Waals surface area contributed by atoms with E-state index in [1.807, 2.05) is 36.1 Å². The van der Waals surface area contributed by atoms with Gasteiger partial charge in [0, 0.05) is 43.2 Å². The van der Waals surface area contributed by atoms with E-state index in [1.165, 1.54) is 17.8 Å². The summed E-state index contributed by atoms with van der Waals surface area (Å²) in [5.41, 5.74) is 0.653. The van der Waals surface area contributed by atoms with Crippen LogP contribution in [0.2, 0.25) is 0 Å². The second-order valence-corrected chi connectivity index (χ2v) is 7.36. The molecule has 2 heterocycles. The van der Waals surface area contributed by atoms with Crippen LogP contribution in [0, 0.1) is 5.82 Å². The lowest BCUT2D eigenvalue weighted by molar-refractivity contribution is -0.128. The van der Waals surface area contributed by atoms with Crippen molar-refractivity contribution in [1.29, 1.82) is 0 Å². The third-order valence-electron chi connectivity index (χ3n) is 4.41. The molecule has 0 radical (unpaired) electrons. The van der Waals surface area contributed by atoms with E-state index in [1.54, 1.807) is 18.3 Å². The lowest BCUT2D eigenvalue weighted by Crippen LogP contribution is -2.49. The standard InChI is InChI=1S/C19H22FN3OS/c1-15(16-6-2-3-7-17(16)20)25-14-19(24)23-12-10-22(11-13-23)18-8-4-5-9-21-18/h2-9,15H,10-14H2,1H3. The minimum atomic E-state index is -0.209. The van der Waals surface area contributed by atoms with E-state index >= 15 is 0 Å². The lowest BCUT2D eigenvalue weighted by atomic mass is 10.1. The van der Waals surface area contributed by atoms with Crippen LogP contribution in [-0.4, -0.2) is 47.7 Å². The van der Waals surface area contributed by atoms with Crippen molar-refractivity contribution in [2.75, 3.05) is 36.8 Å². The summed E-state index contributed by atoms with van der Waals surface area (Å²) in [5, 5.41) is -0.0417. The van der Waals surface area contributed by atoms with E-state index in [-0.39, 0.29) is 17.0 Å². The van der Waals surface area contributed by atoms with Gasteiger partial charge in [-0.25, -0.2) is 9.37 Å². The van der Waals surface area contributed by atoms with Crippen LogP contribution in [0.15, 0.2) is 48.7 Å². The SMILES string of the molecule is CC(SCC(=O)N1CCN(c2ccccn2)CC1)c1ccccc1F. The molecule has 0 N–H and O–H groups in total. The minimum Gasteiger partial charge on any atom is -0.353 e. The van der Waals surface area contributed by atoms with E-state index in [0.29, 0.717) is 24.4 Å². The first-order chi connectivity index (χ1) is 12.1. The monoisotopic (exact) mass is 359 g/mol. The molecule has 2 aromatic rings. The van der Waals surface area contributed by atoms with Gasteiger partial charge in [-0.15, -0.1) is 11.8 Å². The molecule has 1 aromatic heterocycles. The predicted octanol–water partition coefficient (Wildman–Crippen LogP) is 3.36. The number of piperazine rings is 1. The summed E-state index contributed by atoms with van der Waals surface area (Å²) in [4.78, 5) is 20.9. The summed E-state index contributed by atoms with van der Waals surface area (Å²) in [6.45, 7) is 4.91. The maximum atomic E-state index is 13.8. The molecule has 132 valence electrons. The molecule has 1 fully saturated rings. The van der Waals surface area contributed by atoms with E-state index in [4.69, 9.17) is 0 Å². The zero-order valence-electron chi connectivity index (χ0n) is 14.3. The molecular formula is C19H22FN3OS. The molecule has 1 aliphatic heterocycles. The summed E-state index contributed by atoms with van der Waals surface area (Å²) in [6.07, 6.45) is 1.79. The van der Waals surface area contributed by atoms with Gasteiger partial charge in [0.1, 0.15) is 11.6 Å². The Labute approximate surface area is 152 Å². The topological polar surface area (TPSA) is 36.4 Å². The Morgan fingerprint density at radius 1 is 1.16 bits per heavy atom. The Balaban J connectivity index is 1.47. The zero-order chi connectivity index (χ0) is 17.6. The first-order valence-corrected chi connectivity index (χ1v) is 9.50. The fourth-order valence-electron chi connectivity index (χ4n) is 2.91. The van der Waals surface area contributed by atoms with Crippen LogP contribution >= 0.6 is 11.8 Å². The third-order valence-corrected chi connectivity index (χ3v) is 5.57. The number of amides is 1. The number of anilines is 1. The molecule has 0 aliphatic carbocycles. The predicted molar refractivity (Wildman–Crippen MR) is 100 cm³/mol. The van der Waals surface area contributed by atoms with Gasteiger partial charge in [0.25, 0.3) is 0 Å². The quantitative estimate of drug-likeness (QED) is 0.820. The van der Waals surface area contributed by atoms with Crippen molar-refractivity contribution in [3.05, 3.63) is 60.0 Å². The number of thioether (sulfide) groups is 1. The maximum Gasteiger partial charge on any atom is 0.232 e. The molecular weight excluding hydrogens is 337 g/mol.